The van der Waals surface area contributed by atoms with Crippen LogP contribution in [0.2, 0.25) is 0 Å². The summed E-state index contributed by atoms with van der Waals surface area (Å²) in [6.07, 6.45) is 0.494. The van der Waals surface area contributed by atoms with Gasteiger partial charge in [-0.3, -0.25) is 14.9 Å². The van der Waals surface area contributed by atoms with E-state index in [1.165, 1.54) is 18.2 Å². The molecule has 7 heteroatoms. The maximum atomic E-state index is 11.8. The molecule has 0 saturated heterocycles. The van der Waals surface area contributed by atoms with Crippen molar-refractivity contribution in [1.82, 2.24) is 5.32 Å². The van der Waals surface area contributed by atoms with Crippen molar-refractivity contribution >= 4 is 27.5 Å². The molecule has 0 aliphatic heterocycles. The van der Waals surface area contributed by atoms with Crippen molar-refractivity contribution in [3.63, 3.8) is 0 Å². The van der Waals surface area contributed by atoms with Crippen molar-refractivity contribution in [2.75, 3.05) is 6.54 Å². The second-order valence-electron chi connectivity index (χ2n) is 4.46. The maximum Gasteiger partial charge on any atom is 0.284 e. The number of hydrogen-bond donors (Lipinski definition) is 2. The van der Waals surface area contributed by atoms with Gasteiger partial charge in [0.2, 0.25) is 0 Å². The SMILES string of the molecule is CCC(C)(O)CNC(=O)c1ccc(Br)c([N+](=O)[O-])c1. The summed E-state index contributed by atoms with van der Waals surface area (Å²) >= 11 is 3.05. The molecule has 2 N–H and O–H groups in total. The number of carbonyl (C=O) groups is 1. The first-order valence-electron chi connectivity index (χ1n) is 5.71. The highest BCUT2D eigenvalue weighted by atomic mass is 79.9. The zero-order valence-corrected chi connectivity index (χ0v) is 12.2. The number of nitro groups is 1. The number of carbonyl (C=O) groups excluding carboxylic acids is 1. The third-order valence-electron chi connectivity index (χ3n) is 2.80. The van der Waals surface area contributed by atoms with Crippen molar-refractivity contribution in [3.8, 4) is 0 Å². The van der Waals surface area contributed by atoms with Crippen LogP contribution in [0.3, 0.4) is 0 Å². The zero-order chi connectivity index (χ0) is 14.6. The Hall–Kier alpha value is -1.47. The number of nitro benzene ring substituents is 1. The fourth-order valence-electron chi connectivity index (χ4n) is 1.29. The molecule has 6 nitrogen and oxygen atoms in total. The highest BCUT2D eigenvalue weighted by Gasteiger charge is 2.20. The fourth-order valence-corrected chi connectivity index (χ4v) is 1.68. The van der Waals surface area contributed by atoms with Crippen LogP contribution in [-0.2, 0) is 0 Å². The summed E-state index contributed by atoms with van der Waals surface area (Å²) in [5.74, 6) is -0.454. The van der Waals surface area contributed by atoms with Gasteiger partial charge in [-0.1, -0.05) is 6.92 Å². The van der Waals surface area contributed by atoms with Crippen molar-refractivity contribution in [2.24, 2.45) is 0 Å². The Morgan fingerprint density at radius 2 is 2.21 bits per heavy atom. The molecular formula is C12H15BrN2O4. The van der Waals surface area contributed by atoms with Crippen molar-refractivity contribution < 1.29 is 14.8 Å². The van der Waals surface area contributed by atoms with Gasteiger partial charge in [0.15, 0.2) is 0 Å². The zero-order valence-electron chi connectivity index (χ0n) is 10.6. The van der Waals surface area contributed by atoms with Crippen LogP contribution in [0, 0.1) is 10.1 Å². The third-order valence-corrected chi connectivity index (χ3v) is 3.47. The van der Waals surface area contributed by atoms with Gasteiger partial charge in [-0.15, -0.1) is 0 Å². The summed E-state index contributed by atoms with van der Waals surface area (Å²) in [4.78, 5) is 22.0. The van der Waals surface area contributed by atoms with E-state index < -0.39 is 16.4 Å². The lowest BCUT2D eigenvalue weighted by atomic mass is 10.0. The summed E-state index contributed by atoms with van der Waals surface area (Å²) < 4.78 is 0.314. The first-order valence-corrected chi connectivity index (χ1v) is 6.50. The Labute approximate surface area is 119 Å². The molecular weight excluding hydrogens is 316 g/mol. The normalized spacial score (nSPS) is 13.7. The van der Waals surface area contributed by atoms with Crippen LogP contribution < -0.4 is 5.32 Å². The van der Waals surface area contributed by atoms with Crippen molar-refractivity contribution in [3.05, 3.63) is 38.3 Å². The molecule has 1 rings (SSSR count). The highest BCUT2D eigenvalue weighted by Crippen LogP contribution is 2.25. The minimum absolute atomic E-state index is 0.0895. The quantitative estimate of drug-likeness (QED) is 0.639. The van der Waals surface area contributed by atoms with E-state index in [-0.39, 0.29) is 17.8 Å². The van der Waals surface area contributed by atoms with Gasteiger partial charge in [-0.2, -0.15) is 0 Å². The van der Waals surface area contributed by atoms with Gasteiger partial charge in [0.1, 0.15) is 0 Å². The van der Waals surface area contributed by atoms with Crippen LogP contribution in [0.1, 0.15) is 30.6 Å². The number of aliphatic hydroxyl groups is 1. The highest BCUT2D eigenvalue weighted by molar-refractivity contribution is 9.10. The predicted octanol–water partition coefficient (Wildman–Crippen LogP) is 2.25. The molecule has 0 saturated carbocycles. The molecule has 0 aliphatic carbocycles. The Morgan fingerprint density at radius 3 is 2.74 bits per heavy atom. The van der Waals surface area contributed by atoms with Crippen LogP contribution in [-0.4, -0.2) is 28.1 Å². The smallest absolute Gasteiger partial charge is 0.284 e. The first-order chi connectivity index (χ1) is 8.76. The molecule has 0 heterocycles. The number of benzene rings is 1. The van der Waals surface area contributed by atoms with Crippen LogP contribution in [0.5, 0.6) is 0 Å². The van der Waals surface area contributed by atoms with E-state index in [2.05, 4.69) is 21.2 Å². The predicted molar refractivity (Wildman–Crippen MR) is 74.0 cm³/mol. The summed E-state index contributed by atoms with van der Waals surface area (Å²) in [5.41, 5.74) is -0.978. The number of hydrogen-bond acceptors (Lipinski definition) is 4. The monoisotopic (exact) mass is 330 g/mol. The molecule has 0 fully saturated rings. The molecule has 1 aromatic rings. The molecule has 0 aliphatic rings. The number of nitrogens with one attached hydrogen (secondary N) is 1. The van der Waals surface area contributed by atoms with Gasteiger partial charge in [-0.05, 0) is 41.4 Å². The lowest BCUT2D eigenvalue weighted by molar-refractivity contribution is -0.385. The van der Waals surface area contributed by atoms with E-state index in [1.807, 2.05) is 0 Å². The lowest BCUT2D eigenvalue weighted by Crippen LogP contribution is -2.40. The van der Waals surface area contributed by atoms with E-state index in [0.717, 1.165) is 0 Å². The lowest BCUT2D eigenvalue weighted by Gasteiger charge is -2.21. The van der Waals surface area contributed by atoms with Crippen molar-refractivity contribution in [2.45, 2.75) is 25.9 Å². The van der Waals surface area contributed by atoms with Crippen molar-refractivity contribution in [1.29, 1.82) is 0 Å². The molecule has 0 spiro atoms. The molecule has 104 valence electrons. The van der Waals surface area contributed by atoms with Crippen LogP contribution in [0.15, 0.2) is 22.7 Å². The molecule has 19 heavy (non-hydrogen) atoms. The molecule has 1 amide bonds. The van der Waals surface area contributed by atoms with Crippen LogP contribution >= 0.6 is 15.9 Å². The van der Waals surface area contributed by atoms with E-state index in [0.29, 0.717) is 10.9 Å². The molecule has 0 bridgehead atoms. The van der Waals surface area contributed by atoms with Gasteiger partial charge >= 0.3 is 0 Å². The summed E-state index contributed by atoms with van der Waals surface area (Å²) in [7, 11) is 0. The standard InChI is InChI=1S/C12H15BrN2O4/c1-3-12(2,17)7-14-11(16)8-4-5-9(13)10(6-8)15(18)19/h4-6,17H,3,7H2,1-2H3,(H,14,16). The molecule has 1 aromatic carbocycles. The first kappa shape index (κ1) is 15.6. The van der Waals surface area contributed by atoms with E-state index in [4.69, 9.17) is 0 Å². The van der Waals surface area contributed by atoms with E-state index in [9.17, 15) is 20.0 Å². The van der Waals surface area contributed by atoms with Gasteiger partial charge < -0.3 is 10.4 Å². The van der Waals surface area contributed by atoms with Gasteiger partial charge in [-0.25, -0.2) is 0 Å². The average Bonchev–Trinajstić information content (AvgIpc) is 2.36. The number of rotatable bonds is 5. The van der Waals surface area contributed by atoms with Crippen LogP contribution in [0.4, 0.5) is 5.69 Å². The summed E-state index contributed by atoms with van der Waals surface area (Å²) in [5, 5.41) is 23.1. The topological polar surface area (TPSA) is 92.5 Å². The number of halogens is 1. The second kappa shape index (κ2) is 6.12. The Balaban J connectivity index is 2.84. The third kappa shape index (κ3) is 4.29. The molecule has 1 atom stereocenters. The molecule has 0 aromatic heterocycles. The average molecular weight is 331 g/mol. The minimum Gasteiger partial charge on any atom is -0.388 e. The number of amides is 1. The Morgan fingerprint density at radius 1 is 1.58 bits per heavy atom. The van der Waals surface area contributed by atoms with Gasteiger partial charge in [0, 0.05) is 18.2 Å². The second-order valence-corrected chi connectivity index (χ2v) is 5.31. The van der Waals surface area contributed by atoms with E-state index in [1.54, 1.807) is 13.8 Å². The fraction of sp³-hybridized carbons (Fsp3) is 0.417. The van der Waals surface area contributed by atoms with Crippen LogP contribution in [0.25, 0.3) is 0 Å². The molecule has 0 radical (unpaired) electrons. The Kier molecular flexibility index (Phi) is 5.02. The molecule has 1 unspecified atom stereocenters. The van der Waals surface area contributed by atoms with E-state index >= 15 is 0 Å². The number of nitrogens with zero attached hydrogens (tertiary/aromatic N) is 1. The van der Waals surface area contributed by atoms with Gasteiger partial charge in [0.05, 0.1) is 15.0 Å². The largest absolute Gasteiger partial charge is 0.388 e. The Bertz CT molecular complexity index is 503. The minimum atomic E-state index is -0.989. The maximum absolute atomic E-state index is 11.8. The van der Waals surface area contributed by atoms with Gasteiger partial charge in [0.25, 0.3) is 11.6 Å². The summed E-state index contributed by atoms with van der Waals surface area (Å²) in [6.45, 7) is 3.50. The summed E-state index contributed by atoms with van der Waals surface area (Å²) in [6, 6.07) is 4.12.